The Morgan fingerprint density at radius 3 is 2.75 bits per heavy atom. The van der Waals surface area contributed by atoms with Gasteiger partial charge in [0.15, 0.2) is 0 Å². The second-order valence-electron chi connectivity index (χ2n) is 5.07. The summed E-state index contributed by atoms with van der Waals surface area (Å²) in [6.45, 7) is 4.22. The van der Waals surface area contributed by atoms with Crippen molar-refractivity contribution in [2.45, 2.75) is 19.8 Å². The Labute approximate surface area is 126 Å². The first kappa shape index (κ1) is 16.8. The molecular formula is C15H24ClN2O2+. The van der Waals surface area contributed by atoms with Gasteiger partial charge in [-0.15, -0.1) is 0 Å². The Bertz CT molecular complexity index is 436. The number of benzene rings is 1. The van der Waals surface area contributed by atoms with Crippen molar-refractivity contribution in [2.24, 2.45) is 0 Å². The number of carbonyl (C=O) groups excluding carboxylic acids is 1. The highest BCUT2D eigenvalue weighted by Gasteiger charge is 2.10. The van der Waals surface area contributed by atoms with Crippen LogP contribution in [0.15, 0.2) is 18.2 Å². The van der Waals surface area contributed by atoms with Crippen LogP contribution in [0.4, 0.5) is 5.69 Å². The van der Waals surface area contributed by atoms with Crippen molar-refractivity contribution in [3.8, 4) is 0 Å². The zero-order valence-corrected chi connectivity index (χ0v) is 13.2. The molecule has 0 saturated heterocycles. The van der Waals surface area contributed by atoms with E-state index in [2.05, 4.69) is 12.2 Å². The van der Waals surface area contributed by atoms with Gasteiger partial charge in [0.1, 0.15) is 13.2 Å². The summed E-state index contributed by atoms with van der Waals surface area (Å²) in [6.07, 6.45) is 2.22. The van der Waals surface area contributed by atoms with E-state index in [0.29, 0.717) is 17.2 Å². The van der Waals surface area contributed by atoms with Gasteiger partial charge in [0, 0.05) is 6.54 Å². The maximum atomic E-state index is 11.8. The topological polar surface area (TPSA) is 42.8 Å². The Hall–Kier alpha value is -1.26. The Morgan fingerprint density at radius 2 is 2.15 bits per heavy atom. The van der Waals surface area contributed by atoms with Crippen molar-refractivity contribution in [2.75, 3.05) is 39.1 Å². The molecule has 0 aliphatic rings. The lowest BCUT2D eigenvalue weighted by molar-refractivity contribution is -0.858. The summed E-state index contributed by atoms with van der Waals surface area (Å²) in [5.41, 5.74) is 1.35. The molecule has 1 rings (SSSR count). The van der Waals surface area contributed by atoms with E-state index >= 15 is 0 Å². The summed E-state index contributed by atoms with van der Waals surface area (Å²) in [6, 6.07) is 5.22. The van der Waals surface area contributed by atoms with Crippen LogP contribution < -0.4 is 10.2 Å². The van der Waals surface area contributed by atoms with Gasteiger partial charge in [-0.25, -0.2) is 4.79 Å². The van der Waals surface area contributed by atoms with Crippen LogP contribution in [0.1, 0.15) is 30.1 Å². The first-order valence-corrected chi connectivity index (χ1v) is 7.42. The number of hydrogen-bond donors (Lipinski definition) is 2. The molecule has 4 nitrogen and oxygen atoms in total. The van der Waals surface area contributed by atoms with Gasteiger partial charge < -0.3 is 15.0 Å². The van der Waals surface area contributed by atoms with E-state index in [9.17, 15) is 4.79 Å². The van der Waals surface area contributed by atoms with Gasteiger partial charge >= 0.3 is 5.97 Å². The number of quaternary nitrogens is 1. The second-order valence-corrected chi connectivity index (χ2v) is 5.48. The zero-order valence-electron chi connectivity index (χ0n) is 12.5. The van der Waals surface area contributed by atoms with Gasteiger partial charge in [-0.1, -0.05) is 24.9 Å². The van der Waals surface area contributed by atoms with E-state index in [0.717, 1.165) is 31.6 Å². The molecule has 0 fully saturated rings. The first-order chi connectivity index (χ1) is 9.54. The summed E-state index contributed by atoms with van der Waals surface area (Å²) in [5, 5.41) is 3.80. The molecule has 0 bridgehead atoms. The van der Waals surface area contributed by atoms with Crippen molar-refractivity contribution >= 4 is 23.3 Å². The monoisotopic (exact) mass is 299 g/mol. The molecule has 20 heavy (non-hydrogen) atoms. The van der Waals surface area contributed by atoms with E-state index in [1.54, 1.807) is 12.1 Å². The molecule has 1 aromatic rings. The van der Waals surface area contributed by atoms with Crippen LogP contribution in [0.5, 0.6) is 0 Å². The summed E-state index contributed by atoms with van der Waals surface area (Å²) < 4.78 is 5.19. The molecule has 0 aliphatic heterocycles. The third-order valence-corrected chi connectivity index (χ3v) is 3.20. The number of unbranched alkanes of at least 4 members (excludes halogenated alkanes) is 1. The fourth-order valence-corrected chi connectivity index (χ4v) is 1.86. The van der Waals surface area contributed by atoms with E-state index in [-0.39, 0.29) is 5.97 Å². The van der Waals surface area contributed by atoms with E-state index < -0.39 is 0 Å². The summed E-state index contributed by atoms with van der Waals surface area (Å²) in [7, 11) is 4.03. The lowest BCUT2D eigenvalue weighted by atomic mass is 10.2. The number of nitrogens with one attached hydrogen (secondary N) is 2. The van der Waals surface area contributed by atoms with E-state index in [1.807, 2.05) is 20.2 Å². The largest absolute Gasteiger partial charge is 0.456 e. The number of halogens is 1. The number of ether oxygens (including phenoxy) is 1. The molecule has 5 heteroatoms. The summed E-state index contributed by atoms with van der Waals surface area (Å²) >= 11 is 6.16. The Morgan fingerprint density at radius 1 is 1.40 bits per heavy atom. The zero-order chi connectivity index (χ0) is 15.0. The first-order valence-electron chi connectivity index (χ1n) is 7.04. The van der Waals surface area contributed by atoms with Gasteiger partial charge in [0.2, 0.25) is 0 Å². The highest BCUT2D eigenvalue weighted by molar-refractivity contribution is 6.33. The number of anilines is 1. The summed E-state index contributed by atoms with van der Waals surface area (Å²) in [4.78, 5) is 13.1. The number of carbonyl (C=O) groups is 1. The van der Waals surface area contributed by atoms with Crippen molar-refractivity contribution < 1.29 is 14.4 Å². The predicted octanol–water partition coefficient (Wildman–Crippen LogP) is 1.85. The van der Waals surface area contributed by atoms with Crippen molar-refractivity contribution in [1.29, 1.82) is 0 Å². The third-order valence-electron chi connectivity index (χ3n) is 2.89. The molecule has 112 valence electrons. The Kier molecular flexibility index (Phi) is 7.41. The lowest BCUT2D eigenvalue weighted by Crippen LogP contribution is -3.06. The van der Waals surface area contributed by atoms with Crippen LogP contribution in [-0.2, 0) is 4.74 Å². The molecule has 2 N–H and O–H groups in total. The van der Waals surface area contributed by atoms with Crippen molar-refractivity contribution in [1.82, 2.24) is 0 Å². The van der Waals surface area contributed by atoms with Crippen LogP contribution in [0, 0.1) is 0 Å². The fraction of sp³-hybridized carbons (Fsp3) is 0.533. The number of hydrogen-bond acceptors (Lipinski definition) is 3. The van der Waals surface area contributed by atoms with Crippen molar-refractivity contribution in [3.05, 3.63) is 28.8 Å². The standard InChI is InChI=1S/C15H23ClN2O2/c1-4-5-8-17-14-7-6-12(11-13(14)16)15(19)20-10-9-18(2)3/h6-7,11,17H,4-5,8-10H2,1-3H3/p+1. The van der Waals surface area contributed by atoms with Gasteiger partial charge in [-0.3, -0.25) is 0 Å². The average molecular weight is 300 g/mol. The van der Waals surface area contributed by atoms with Crippen LogP contribution in [-0.4, -0.2) is 39.8 Å². The molecule has 0 spiro atoms. The minimum atomic E-state index is -0.326. The van der Waals surface area contributed by atoms with E-state index in [1.165, 1.54) is 4.90 Å². The van der Waals surface area contributed by atoms with Crippen molar-refractivity contribution in [3.63, 3.8) is 0 Å². The SMILES string of the molecule is CCCCNc1ccc(C(=O)OCC[NH+](C)C)cc1Cl. The molecule has 0 radical (unpaired) electrons. The van der Waals surface area contributed by atoms with Gasteiger partial charge in [-0.2, -0.15) is 0 Å². The molecule has 0 saturated carbocycles. The maximum Gasteiger partial charge on any atom is 0.338 e. The smallest absolute Gasteiger partial charge is 0.338 e. The van der Waals surface area contributed by atoms with Gasteiger partial charge in [0.05, 0.1) is 30.4 Å². The molecule has 0 aromatic heterocycles. The normalized spacial score (nSPS) is 10.7. The minimum Gasteiger partial charge on any atom is -0.456 e. The average Bonchev–Trinajstić information content (AvgIpc) is 2.40. The fourth-order valence-electron chi connectivity index (χ4n) is 1.62. The van der Waals surface area contributed by atoms with E-state index in [4.69, 9.17) is 16.3 Å². The van der Waals surface area contributed by atoms with Crippen LogP contribution in [0.25, 0.3) is 0 Å². The predicted molar refractivity (Wildman–Crippen MR) is 82.8 cm³/mol. The van der Waals surface area contributed by atoms with Gasteiger partial charge in [-0.05, 0) is 24.6 Å². The highest BCUT2D eigenvalue weighted by Crippen LogP contribution is 2.23. The summed E-state index contributed by atoms with van der Waals surface area (Å²) in [5.74, 6) is -0.326. The third kappa shape index (κ3) is 5.80. The highest BCUT2D eigenvalue weighted by atomic mass is 35.5. The second kappa shape index (κ2) is 8.82. The van der Waals surface area contributed by atoms with Crippen LogP contribution >= 0.6 is 11.6 Å². The maximum absolute atomic E-state index is 11.8. The number of rotatable bonds is 8. The molecule has 0 aliphatic carbocycles. The minimum absolute atomic E-state index is 0.326. The van der Waals surface area contributed by atoms with Gasteiger partial charge in [0.25, 0.3) is 0 Å². The molecule has 0 heterocycles. The van der Waals surface area contributed by atoms with Crippen LogP contribution in [0.2, 0.25) is 5.02 Å². The molecule has 0 atom stereocenters. The molecule has 0 amide bonds. The quantitative estimate of drug-likeness (QED) is 0.569. The number of esters is 1. The molecular weight excluding hydrogens is 276 g/mol. The molecule has 1 aromatic carbocycles. The lowest BCUT2D eigenvalue weighted by Gasteiger charge is -2.10. The molecule has 0 unspecified atom stereocenters. The number of likely N-dealkylation sites (N-methyl/N-ethyl adjacent to an activating group) is 1. The van der Waals surface area contributed by atoms with Crippen LogP contribution in [0.3, 0.4) is 0 Å². The Balaban J connectivity index is 2.55.